The molecule has 0 bridgehead atoms. The molecule has 0 amide bonds. The monoisotopic (exact) mass is 269 g/mol. The Morgan fingerprint density at radius 1 is 1.05 bits per heavy atom. The van der Waals surface area contributed by atoms with E-state index in [4.69, 9.17) is 5.73 Å². The number of nitrogens with zero attached hydrogens (tertiary/aromatic N) is 2. The summed E-state index contributed by atoms with van der Waals surface area (Å²) in [6, 6.07) is 12.6. The molecule has 2 N–H and O–H groups in total. The molecule has 0 aliphatic heterocycles. The van der Waals surface area contributed by atoms with Crippen molar-refractivity contribution in [3.8, 4) is 0 Å². The summed E-state index contributed by atoms with van der Waals surface area (Å²) in [5, 5.41) is 0. The number of rotatable bonds is 4. The van der Waals surface area contributed by atoms with E-state index in [0.717, 1.165) is 35.4 Å². The molecule has 0 atom stereocenters. The van der Waals surface area contributed by atoms with Crippen LogP contribution in [-0.2, 0) is 19.4 Å². The van der Waals surface area contributed by atoms with Crippen LogP contribution in [0.5, 0.6) is 0 Å². The van der Waals surface area contributed by atoms with Gasteiger partial charge in [-0.1, -0.05) is 18.2 Å². The fourth-order valence-electron chi connectivity index (χ4n) is 2.40. The summed E-state index contributed by atoms with van der Waals surface area (Å²) < 4.78 is 15.0. The molecule has 3 rings (SSSR count). The summed E-state index contributed by atoms with van der Waals surface area (Å²) in [5.74, 6) is 0.788. The van der Waals surface area contributed by atoms with Crippen LogP contribution in [0.1, 0.15) is 17.1 Å². The van der Waals surface area contributed by atoms with Crippen molar-refractivity contribution in [2.45, 2.75) is 19.4 Å². The van der Waals surface area contributed by atoms with Gasteiger partial charge in [-0.3, -0.25) is 0 Å². The number of pyridine rings is 1. The normalized spacial score (nSPS) is 11.1. The van der Waals surface area contributed by atoms with E-state index in [2.05, 4.69) is 9.38 Å². The van der Waals surface area contributed by atoms with Crippen LogP contribution in [0.15, 0.2) is 48.7 Å². The average molecular weight is 269 g/mol. The zero-order valence-corrected chi connectivity index (χ0v) is 11.1. The van der Waals surface area contributed by atoms with Crippen LogP contribution in [0.2, 0.25) is 0 Å². The minimum absolute atomic E-state index is 0.203. The SMILES string of the molecule is NCc1nc(CCc2ccc(F)cc2)n2ccccc12. The third-order valence-electron chi connectivity index (χ3n) is 3.44. The molecule has 0 aliphatic carbocycles. The van der Waals surface area contributed by atoms with Gasteiger partial charge in [0.2, 0.25) is 0 Å². The predicted octanol–water partition coefficient (Wildman–Crippen LogP) is 2.72. The molecule has 1 aromatic carbocycles. The van der Waals surface area contributed by atoms with E-state index in [9.17, 15) is 4.39 Å². The van der Waals surface area contributed by atoms with Crippen LogP contribution >= 0.6 is 0 Å². The van der Waals surface area contributed by atoms with Gasteiger partial charge in [-0.2, -0.15) is 0 Å². The molecule has 0 aliphatic rings. The van der Waals surface area contributed by atoms with Gasteiger partial charge in [-0.15, -0.1) is 0 Å². The van der Waals surface area contributed by atoms with Gasteiger partial charge >= 0.3 is 0 Å². The predicted molar refractivity (Wildman–Crippen MR) is 76.9 cm³/mol. The molecule has 4 heteroatoms. The lowest BCUT2D eigenvalue weighted by molar-refractivity contribution is 0.627. The van der Waals surface area contributed by atoms with Crippen LogP contribution < -0.4 is 5.73 Å². The Balaban J connectivity index is 1.85. The summed E-state index contributed by atoms with van der Waals surface area (Å²) >= 11 is 0. The minimum atomic E-state index is -0.203. The first kappa shape index (κ1) is 12.8. The third-order valence-corrected chi connectivity index (χ3v) is 3.44. The smallest absolute Gasteiger partial charge is 0.123 e. The van der Waals surface area contributed by atoms with E-state index in [-0.39, 0.29) is 5.82 Å². The lowest BCUT2D eigenvalue weighted by Crippen LogP contribution is -1.98. The van der Waals surface area contributed by atoms with Crippen molar-refractivity contribution in [3.05, 3.63) is 71.6 Å². The van der Waals surface area contributed by atoms with Crippen LogP contribution in [-0.4, -0.2) is 9.38 Å². The molecule has 0 saturated carbocycles. The highest BCUT2D eigenvalue weighted by Crippen LogP contribution is 2.14. The van der Waals surface area contributed by atoms with Gasteiger partial charge in [0.15, 0.2) is 0 Å². The third kappa shape index (κ3) is 2.42. The number of hydrogen-bond acceptors (Lipinski definition) is 2. The number of hydrogen-bond donors (Lipinski definition) is 1. The van der Waals surface area contributed by atoms with Crippen molar-refractivity contribution in [2.24, 2.45) is 5.73 Å². The first-order valence-corrected chi connectivity index (χ1v) is 6.67. The highest BCUT2D eigenvalue weighted by molar-refractivity contribution is 5.53. The molecule has 3 aromatic rings. The van der Waals surface area contributed by atoms with Gasteiger partial charge in [0, 0.05) is 19.2 Å². The first-order chi connectivity index (χ1) is 9.78. The zero-order chi connectivity index (χ0) is 13.9. The minimum Gasteiger partial charge on any atom is -0.325 e. The highest BCUT2D eigenvalue weighted by atomic mass is 19.1. The number of aromatic nitrogens is 2. The van der Waals surface area contributed by atoms with Crippen molar-refractivity contribution in [1.29, 1.82) is 0 Å². The van der Waals surface area contributed by atoms with Gasteiger partial charge in [0.1, 0.15) is 11.6 Å². The van der Waals surface area contributed by atoms with Crippen LogP contribution in [0, 0.1) is 5.82 Å². The van der Waals surface area contributed by atoms with Gasteiger partial charge in [-0.05, 0) is 36.2 Å². The summed E-state index contributed by atoms with van der Waals surface area (Å²) in [6.07, 6.45) is 3.64. The second-order valence-corrected chi connectivity index (χ2v) is 4.76. The Morgan fingerprint density at radius 2 is 1.85 bits per heavy atom. The maximum atomic E-state index is 12.9. The first-order valence-electron chi connectivity index (χ1n) is 6.67. The molecule has 0 saturated heterocycles. The largest absolute Gasteiger partial charge is 0.325 e. The van der Waals surface area contributed by atoms with E-state index in [1.807, 2.05) is 36.5 Å². The van der Waals surface area contributed by atoms with E-state index in [1.165, 1.54) is 12.1 Å². The molecule has 0 unspecified atom stereocenters. The van der Waals surface area contributed by atoms with Crippen molar-refractivity contribution in [2.75, 3.05) is 0 Å². The molecule has 0 radical (unpaired) electrons. The van der Waals surface area contributed by atoms with Crippen molar-refractivity contribution in [3.63, 3.8) is 0 Å². The Morgan fingerprint density at radius 3 is 2.60 bits per heavy atom. The van der Waals surface area contributed by atoms with E-state index >= 15 is 0 Å². The van der Waals surface area contributed by atoms with Gasteiger partial charge in [-0.25, -0.2) is 9.37 Å². The summed E-state index contributed by atoms with van der Waals surface area (Å²) in [5.41, 5.74) is 8.82. The Hall–Kier alpha value is -2.20. The molecule has 0 fully saturated rings. The molecule has 102 valence electrons. The number of benzene rings is 1. The number of nitrogens with two attached hydrogens (primary N) is 1. The maximum Gasteiger partial charge on any atom is 0.123 e. The second-order valence-electron chi connectivity index (χ2n) is 4.76. The van der Waals surface area contributed by atoms with Gasteiger partial charge < -0.3 is 10.1 Å². The molecule has 2 aromatic heterocycles. The number of imidazole rings is 1. The lowest BCUT2D eigenvalue weighted by Gasteiger charge is -2.02. The molecular formula is C16H16FN3. The maximum absolute atomic E-state index is 12.9. The van der Waals surface area contributed by atoms with E-state index in [0.29, 0.717) is 6.54 Å². The van der Waals surface area contributed by atoms with Crippen LogP contribution in [0.4, 0.5) is 4.39 Å². The molecule has 0 spiro atoms. The molecule has 2 heterocycles. The number of halogens is 1. The average Bonchev–Trinajstić information content (AvgIpc) is 2.85. The molecule has 20 heavy (non-hydrogen) atoms. The van der Waals surface area contributed by atoms with Crippen molar-refractivity contribution in [1.82, 2.24) is 9.38 Å². The number of aryl methyl sites for hydroxylation is 2. The summed E-state index contributed by atoms with van der Waals surface area (Å²) in [4.78, 5) is 4.60. The fourth-order valence-corrected chi connectivity index (χ4v) is 2.40. The summed E-state index contributed by atoms with van der Waals surface area (Å²) in [7, 11) is 0. The van der Waals surface area contributed by atoms with E-state index in [1.54, 1.807) is 0 Å². The molecule has 3 nitrogen and oxygen atoms in total. The standard InChI is InChI=1S/C16H16FN3/c17-13-7-4-12(5-8-13)6-9-16-19-14(11-18)15-3-1-2-10-20(15)16/h1-5,7-8,10H,6,9,11,18H2. The molecular weight excluding hydrogens is 253 g/mol. The van der Waals surface area contributed by atoms with Crippen molar-refractivity contribution >= 4 is 5.52 Å². The number of fused-ring (bicyclic) bond motifs is 1. The Bertz CT molecular complexity index is 716. The Kier molecular flexibility index (Phi) is 3.48. The summed E-state index contributed by atoms with van der Waals surface area (Å²) in [6.45, 7) is 0.435. The zero-order valence-electron chi connectivity index (χ0n) is 11.1. The van der Waals surface area contributed by atoms with E-state index < -0.39 is 0 Å². The lowest BCUT2D eigenvalue weighted by atomic mass is 10.1. The topological polar surface area (TPSA) is 43.3 Å². The van der Waals surface area contributed by atoms with Crippen LogP contribution in [0.3, 0.4) is 0 Å². The highest BCUT2D eigenvalue weighted by Gasteiger charge is 2.09. The van der Waals surface area contributed by atoms with Crippen LogP contribution in [0.25, 0.3) is 5.52 Å². The van der Waals surface area contributed by atoms with Gasteiger partial charge in [0.25, 0.3) is 0 Å². The second kappa shape index (κ2) is 5.43. The van der Waals surface area contributed by atoms with Crippen molar-refractivity contribution < 1.29 is 4.39 Å². The quantitative estimate of drug-likeness (QED) is 0.791. The Labute approximate surface area is 116 Å². The van der Waals surface area contributed by atoms with Gasteiger partial charge in [0.05, 0.1) is 11.2 Å². The fraction of sp³-hybridized carbons (Fsp3) is 0.188.